The molecule has 0 radical (unpaired) electrons. The highest BCUT2D eigenvalue weighted by Gasteiger charge is 2.50. The molecular formula is C30H32O12. The normalized spacial score (nSPS) is 30.5. The molecule has 8 atom stereocenters. The first kappa shape index (κ1) is 28.2. The molecule has 0 saturated carbocycles. The first-order valence-electron chi connectivity index (χ1n) is 13.9. The molecule has 4 heterocycles. The Balaban J connectivity index is 1.44. The van der Waals surface area contributed by atoms with Gasteiger partial charge in [0.05, 0.1) is 0 Å². The summed E-state index contributed by atoms with van der Waals surface area (Å²) in [7, 11) is 0. The largest absolute Gasteiger partial charge is 0.465 e. The number of ether oxygens (including phenoxy) is 8. The van der Waals surface area contributed by atoms with Crippen molar-refractivity contribution in [1.29, 1.82) is 0 Å². The quantitative estimate of drug-likeness (QED) is 0.364. The molecule has 4 bridgehead atoms. The number of hydrogen-bond donors (Lipinski definition) is 0. The van der Waals surface area contributed by atoms with Gasteiger partial charge in [-0.05, 0) is 22.9 Å². The summed E-state index contributed by atoms with van der Waals surface area (Å²) in [5.74, 6) is -1.35. The average molecular weight is 585 g/mol. The Morgan fingerprint density at radius 1 is 0.643 bits per heavy atom. The molecule has 0 aliphatic carbocycles. The van der Waals surface area contributed by atoms with Gasteiger partial charge in [-0.25, -0.2) is 0 Å². The summed E-state index contributed by atoms with van der Waals surface area (Å²) in [5.41, 5.74) is 1.67. The minimum absolute atomic E-state index is 0.0930. The molecule has 2 fully saturated rings. The summed E-state index contributed by atoms with van der Waals surface area (Å²) in [6, 6.07) is 7.55. The van der Waals surface area contributed by atoms with E-state index in [0.29, 0.717) is 24.3 Å². The highest BCUT2D eigenvalue weighted by atomic mass is 16.7. The van der Waals surface area contributed by atoms with E-state index in [4.69, 9.17) is 37.9 Å². The fourth-order valence-electron chi connectivity index (χ4n) is 6.61. The van der Waals surface area contributed by atoms with Gasteiger partial charge in [0.2, 0.25) is 12.6 Å². The second-order valence-corrected chi connectivity index (χ2v) is 10.9. The van der Waals surface area contributed by atoms with Crippen LogP contribution in [0.25, 0.3) is 10.8 Å². The molecule has 2 saturated heterocycles. The molecule has 224 valence electrons. The molecule has 12 nitrogen and oxygen atoms in total. The lowest BCUT2D eigenvalue weighted by atomic mass is 9.77. The lowest BCUT2D eigenvalue weighted by Gasteiger charge is -2.46. The Labute approximate surface area is 241 Å². The standard InChI is InChI=1S/C30H32O12/c1-13(31)35-11-23-29(37-15(3)33)19-9-25(41-23)39-21-7-6-18-17(27(19)21)5-8-22-28(18)20-10-26(40-22)42-24(12-36-14(2)32)30(20)38-16(4)34/h5-8,19-20,23-26,29-30H,9-12H2,1-4H3/t19-,20-,23-,24-,25+,26+,29-,30-/m1/s1. The van der Waals surface area contributed by atoms with Crippen molar-refractivity contribution in [3.05, 3.63) is 35.4 Å². The van der Waals surface area contributed by atoms with E-state index in [2.05, 4.69) is 0 Å². The minimum Gasteiger partial charge on any atom is -0.465 e. The molecule has 12 heteroatoms. The summed E-state index contributed by atoms with van der Waals surface area (Å²) in [6.45, 7) is 5.07. The van der Waals surface area contributed by atoms with Crippen LogP contribution in [0.1, 0.15) is 63.5 Å². The van der Waals surface area contributed by atoms with Crippen molar-refractivity contribution in [2.45, 2.75) is 89.4 Å². The van der Waals surface area contributed by atoms with Crippen LogP contribution < -0.4 is 9.47 Å². The van der Waals surface area contributed by atoms with Crippen LogP contribution in [-0.2, 0) is 47.6 Å². The van der Waals surface area contributed by atoms with E-state index >= 15 is 0 Å². The third-order valence-electron chi connectivity index (χ3n) is 8.04. The van der Waals surface area contributed by atoms with Gasteiger partial charge in [0, 0.05) is 63.5 Å². The predicted molar refractivity (Wildman–Crippen MR) is 142 cm³/mol. The smallest absolute Gasteiger partial charge is 0.303 e. The molecule has 0 spiro atoms. The van der Waals surface area contributed by atoms with Gasteiger partial charge in [0.1, 0.15) is 49.1 Å². The maximum absolute atomic E-state index is 12.2. The predicted octanol–water partition coefficient (Wildman–Crippen LogP) is 3.01. The van der Waals surface area contributed by atoms with Gasteiger partial charge in [0.15, 0.2) is 0 Å². The fraction of sp³-hybridized carbons (Fsp3) is 0.533. The highest BCUT2D eigenvalue weighted by molar-refractivity contribution is 5.93. The second-order valence-electron chi connectivity index (χ2n) is 10.9. The number of carbonyl (C=O) groups is 4. The van der Waals surface area contributed by atoms with Crippen LogP contribution >= 0.6 is 0 Å². The maximum Gasteiger partial charge on any atom is 0.303 e. The van der Waals surface area contributed by atoms with Crippen molar-refractivity contribution >= 4 is 34.6 Å². The van der Waals surface area contributed by atoms with E-state index in [0.717, 1.165) is 21.9 Å². The zero-order valence-electron chi connectivity index (χ0n) is 23.7. The van der Waals surface area contributed by atoms with Crippen molar-refractivity contribution in [2.75, 3.05) is 13.2 Å². The zero-order chi connectivity index (χ0) is 29.7. The first-order valence-corrected chi connectivity index (χ1v) is 13.9. The summed E-state index contributed by atoms with van der Waals surface area (Å²) < 4.78 is 46.5. The van der Waals surface area contributed by atoms with Gasteiger partial charge in [-0.15, -0.1) is 0 Å². The van der Waals surface area contributed by atoms with Crippen molar-refractivity contribution in [3.8, 4) is 11.5 Å². The number of esters is 4. The van der Waals surface area contributed by atoms with Gasteiger partial charge in [0.25, 0.3) is 0 Å². The molecule has 4 aliphatic rings. The van der Waals surface area contributed by atoms with Gasteiger partial charge in [-0.1, -0.05) is 12.1 Å². The van der Waals surface area contributed by atoms with E-state index in [1.165, 1.54) is 27.7 Å². The molecule has 2 aromatic carbocycles. The summed E-state index contributed by atoms with van der Waals surface area (Å²) in [6.07, 6.45) is -3.28. The number of hydrogen-bond acceptors (Lipinski definition) is 12. The fourth-order valence-corrected chi connectivity index (χ4v) is 6.61. The third-order valence-corrected chi connectivity index (χ3v) is 8.04. The Morgan fingerprint density at radius 2 is 1.05 bits per heavy atom. The number of rotatable bonds is 6. The average Bonchev–Trinajstić information content (AvgIpc) is 2.92. The van der Waals surface area contributed by atoms with Gasteiger partial charge in [-0.2, -0.15) is 0 Å². The monoisotopic (exact) mass is 584 g/mol. The molecule has 0 aromatic heterocycles. The zero-order valence-corrected chi connectivity index (χ0v) is 23.7. The van der Waals surface area contributed by atoms with Gasteiger partial charge < -0.3 is 37.9 Å². The minimum atomic E-state index is -0.729. The summed E-state index contributed by atoms with van der Waals surface area (Å²) in [4.78, 5) is 47.5. The van der Waals surface area contributed by atoms with E-state index in [-0.39, 0.29) is 25.0 Å². The van der Waals surface area contributed by atoms with Crippen LogP contribution in [0.3, 0.4) is 0 Å². The Bertz CT molecular complexity index is 1330. The van der Waals surface area contributed by atoms with Crippen molar-refractivity contribution in [2.24, 2.45) is 0 Å². The molecule has 0 unspecified atom stereocenters. The lowest BCUT2D eigenvalue weighted by molar-refractivity contribution is -0.226. The van der Waals surface area contributed by atoms with Crippen LogP contribution in [0.5, 0.6) is 11.5 Å². The van der Waals surface area contributed by atoms with Crippen molar-refractivity contribution in [1.82, 2.24) is 0 Å². The number of benzene rings is 2. The molecule has 4 aliphatic heterocycles. The van der Waals surface area contributed by atoms with Gasteiger partial charge in [-0.3, -0.25) is 19.2 Å². The van der Waals surface area contributed by atoms with Crippen LogP contribution in [0.2, 0.25) is 0 Å². The molecule has 2 aromatic rings. The molecule has 6 rings (SSSR count). The number of fused-ring (bicyclic) bond motifs is 11. The van der Waals surface area contributed by atoms with E-state index in [1.807, 2.05) is 24.3 Å². The van der Waals surface area contributed by atoms with Crippen LogP contribution in [0.4, 0.5) is 0 Å². The van der Waals surface area contributed by atoms with E-state index < -0.39 is 60.9 Å². The number of carbonyl (C=O) groups excluding carboxylic acids is 4. The Hall–Kier alpha value is -3.90. The SMILES string of the molecule is CC(=O)OC[C@H]1O[C@H]2C[C@H](c3c(ccc4c5c(ccc34)O[C@@H]3C[C@H]5[C@@H](OC(C)=O)[C@@H](COC(C)=O)O3)O2)[C@H]1OC(C)=O. The Kier molecular flexibility index (Phi) is 7.44. The van der Waals surface area contributed by atoms with Crippen LogP contribution in [0.15, 0.2) is 24.3 Å². The van der Waals surface area contributed by atoms with Crippen molar-refractivity contribution in [3.63, 3.8) is 0 Å². The van der Waals surface area contributed by atoms with Crippen LogP contribution in [0, 0.1) is 0 Å². The maximum atomic E-state index is 12.2. The lowest BCUT2D eigenvalue weighted by Crippen LogP contribution is -2.52. The second kappa shape index (κ2) is 11.1. The topological polar surface area (TPSA) is 142 Å². The molecule has 42 heavy (non-hydrogen) atoms. The molecule has 0 N–H and O–H groups in total. The first-order chi connectivity index (χ1) is 20.1. The van der Waals surface area contributed by atoms with E-state index in [1.54, 1.807) is 0 Å². The molecule has 0 amide bonds. The van der Waals surface area contributed by atoms with Crippen LogP contribution in [-0.4, -0.2) is 74.1 Å². The summed E-state index contributed by atoms with van der Waals surface area (Å²) >= 11 is 0. The molecular weight excluding hydrogens is 552 g/mol. The van der Waals surface area contributed by atoms with Crippen molar-refractivity contribution < 1.29 is 57.1 Å². The van der Waals surface area contributed by atoms with Gasteiger partial charge >= 0.3 is 23.9 Å². The Morgan fingerprint density at radius 3 is 1.40 bits per heavy atom. The summed E-state index contributed by atoms with van der Waals surface area (Å²) in [5, 5.41) is 1.71. The third kappa shape index (κ3) is 5.24. The van der Waals surface area contributed by atoms with E-state index in [9.17, 15) is 19.2 Å². The highest BCUT2D eigenvalue weighted by Crippen LogP contribution is 2.52.